The van der Waals surface area contributed by atoms with E-state index < -0.39 is 17.4 Å². The summed E-state index contributed by atoms with van der Waals surface area (Å²) in [5.74, 6) is -1.48. The van der Waals surface area contributed by atoms with Crippen LogP contribution in [0, 0.1) is 5.41 Å². The molecule has 3 rings (SSSR count). The highest BCUT2D eigenvalue weighted by Crippen LogP contribution is 2.45. The molecule has 0 aromatic heterocycles. The van der Waals surface area contributed by atoms with Crippen LogP contribution >= 0.6 is 15.9 Å². The smallest absolute Gasteiger partial charge is 0.325 e. The second-order valence-electron chi connectivity index (χ2n) is 6.72. The second-order valence-corrected chi connectivity index (χ2v) is 7.63. The van der Waals surface area contributed by atoms with Crippen molar-refractivity contribution in [2.75, 3.05) is 27.3 Å². The molecule has 1 unspecified atom stereocenters. The molecule has 0 spiro atoms. The zero-order valence-corrected chi connectivity index (χ0v) is 16.9. The summed E-state index contributed by atoms with van der Waals surface area (Å²) in [5, 5.41) is 0. The fourth-order valence-corrected chi connectivity index (χ4v) is 4.29. The molecule has 1 aliphatic rings. The average Bonchev–Trinajstić information content (AvgIpc) is 3.07. The van der Waals surface area contributed by atoms with Crippen molar-refractivity contribution < 1.29 is 19.1 Å². The molecule has 1 fully saturated rings. The molecular formula is C21H22BrNO4. The quantitative estimate of drug-likeness (QED) is 0.536. The van der Waals surface area contributed by atoms with E-state index in [9.17, 15) is 9.59 Å². The van der Waals surface area contributed by atoms with Gasteiger partial charge in [0.25, 0.3) is 0 Å². The third-order valence-electron chi connectivity index (χ3n) is 5.11. The summed E-state index contributed by atoms with van der Waals surface area (Å²) in [7, 11) is 2.62. The third kappa shape index (κ3) is 3.77. The molecule has 0 radical (unpaired) electrons. The minimum atomic E-state index is -1.39. The first-order valence-electron chi connectivity index (χ1n) is 8.70. The molecule has 1 heterocycles. The van der Waals surface area contributed by atoms with Crippen LogP contribution < -0.4 is 0 Å². The van der Waals surface area contributed by atoms with Gasteiger partial charge in [-0.15, -0.1) is 0 Å². The maximum Gasteiger partial charge on any atom is 0.325 e. The van der Waals surface area contributed by atoms with E-state index in [1.807, 2.05) is 54.6 Å². The lowest BCUT2D eigenvalue weighted by molar-refractivity contribution is -0.169. The van der Waals surface area contributed by atoms with E-state index in [4.69, 9.17) is 9.47 Å². The Labute approximate surface area is 167 Å². The number of ether oxygens (including phenoxy) is 2. The Bertz CT molecular complexity index is 808. The Morgan fingerprint density at radius 2 is 1.74 bits per heavy atom. The lowest BCUT2D eigenvalue weighted by atomic mass is 9.74. The largest absolute Gasteiger partial charge is 0.468 e. The van der Waals surface area contributed by atoms with Gasteiger partial charge in [0.2, 0.25) is 0 Å². The molecule has 5 nitrogen and oxygen atoms in total. The van der Waals surface area contributed by atoms with Gasteiger partial charge in [0, 0.05) is 30.0 Å². The van der Waals surface area contributed by atoms with Crippen LogP contribution in [0.1, 0.15) is 17.0 Å². The van der Waals surface area contributed by atoms with Gasteiger partial charge < -0.3 is 9.47 Å². The highest BCUT2D eigenvalue weighted by molar-refractivity contribution is 9.10. The van der Waals surface area contributed by atoms with Gasteiger partial charge >= 0.3 is 11.9 Å². The minimum absolute atomic E-state index is 0.248. The van der Waals surface area contributed by atoms with Gasteiger partial charge in [-0.05, 0) is 23.3 Å². The van der Waals surface area contributed by atoms with Gasteiger partial charge in [-0.2, -0.15) is 0 Å². The monoisotopic (exact) mass is 431 g/mol. The Hall–Kier alpha value is -2.18. The van der Waals surface area contributed by atoms with Gasteiger partial charge in [0.15, 0.2) is 5.41 Å². The SMILES string of the molecule is COC(=O)C1(C(=O)OC)CN(Cc2ccccc2)CC1c1cccc(Br)c1. The van der Waals surface area contributed by atoms with Crippen molar-refractivity contribution in [3.63, 3.8) is 0 Å². The van der Waals surface area contributed by atoms with Crippen LogP contribution in [0.4, 0.5) is 0 Å². The predicted molar refractivity (Wildman–Crippen MR) is 105 cm³/mol. The number of carbonyl (C=O) groups excluding carboxylic acids is 2. The normalized spacial score (nSPS) is 18.9. The van der Waals surface area contributed by atoms with E-state index in [1.165, 1.54) is 14.2 Å². The lowest BCUT2D eigenvalue weighted by Gasteiger charge is -2.29. The Balaban J connectivity index is 2.02. The van der Waals surface area contributed by atoms with E-state index in [0.717, 1.165) is 15.6 Å². The summed E-state index contributed by atoms with van der Waals surface area (Å²) in [6.45, 7) is 1.44. The summed E-state index contributed by atoms with van der Waals surface area (Å²) < 4.78 is 11.0. The summed E-state index contributed by atoms with van der Waals surface area (Å²) in [6, 6.07) is 17.7. The summed E-state index contributed by atoms with van der Waals surface area (Å²) in [4.78, 5) is 27.8. The minimum Gasteiger partial charge on any atom is -0.468 e. The van der Waals surface area contributed by atoms with E-state index in [2.05, 4.69) is 20.8 Å². The molecule has 0 saturated carbocycles. The molecule has 142 valence electrons. The van der Waals surface area contributed by atoms with Gasteiger partial charge in [0.1, 0.15) is 0 Å². The maximum absolute atomic E-state index is 12.8. The van der Waals surface area contributed by atoms with Crippen molar-refractivity contribution >= 4 is 27.9 Å². The van der Waals surface area contributed by atoms with E-state index in [-0.39, 0.29) is 12.5 Å². The molecule has 2 aromatic carbocycles. The van der Waals surface area contributed by atoms with Crippen LogP contribution in [0.5, 0.6) is 0 Å². The fraction of sp³-hybridized carbons (Fsp3) is 0.333. The van der Waals surface area contributed by atoms with E-state index >= 15 is 0 Å². The molecule has 1 aliphatic heterocycles. The number of nitrogens with zero attached hydrogens (tertiary/aromatic N) is 1. The Morgan fingerprint density at radius 1 is 1.07 bits per heavy atom. The molecule has 0 N–H and O–H groups in total. The zero-order chi connectivity index (χ0) is 19.4. The van der Waals surface area contributed by atoms with Crippen molar-refractivity contribution in [2.24, 2.45) is 5.41 Å². The molecular weight excluding hydrogens is 410 g/mol. The third-order valence-corrected chi connectivity index (χ3v) is 5.60. The van der Waals surface area contributed by atoms with Crippen molar-refractivity contribution in [1.82, 2.24) is 4.90 Å². The Morgan fingerprint density at radius 3 is 2.33 bits per heavy atom. The van der Waals surface area contributed by atoms with Gasteiger partial charge in [-0.25, -0.2) is 0 Å². The fourth-order valence-electron chi connectivity index (χ4n) is 3.88. The standard InChI is InChI=1S/C21H22BrNO4/c1-26-19(24)21(20(25)27-2)14-23(12-15-7-4-3-5-8-15)13-18(21)16-9-6-10-17(22)11-16/h3-11,18H,12-14H2,1-2H3. The Kier molecular flexibility index (Phi) is 5.97. The highest BCUT2D eigenvalue weighted by atomic mass is 79.9. The molecule has 1 atom stereocenters. The van der Waals surface area contributed by atoms with Crippen molar-refractivity contribution in [3.05, 3.63) is 70.2 Å². The summed E-state index contributed by atoms with van der Waals surface area (Å²) in [5.41, 5.74) is 0.630. The van der Waals surface area contributed by atoms with Crippen LogP contribution in [0.3, 0.4) is 0 Å². The number of halogens is 1. The highest BCUT2D eigenvalue weighted by Gasteiger charge is 2.60. The maximum atomic E-state index is 12.8. The number of hydrogen-bond donors (Lipinski definition) is 0. The molecule has 0 aliphatic carbocycles. The van der Waals surface area contributed by atoms with Crippen molar-refractivity contribution in [3.8, 4) is 0 Å². The van der Waals surface area contributed by atoms with Crippen LogP contribution in [-0.4, -0.2) is 44.1 Å². The number of likely N-dealkylation sites (tertiary alicyclic amines) is 1. The van der Waals surface area contributed by atoms with Gasteiger partial charge in [-0.3, -0.25) is 14.5 Å². The van der Waals surface area contributed by atoms with Crippen LogP contribution in [0.25, 0.3) is 0 Å². The van der Waals surface area contributed by atoms with E-state index in [1.54, 1.807) is 0 Å². The van der Waals surface area contributed by atoms with E-state index in [0.29, 0.717) is 13.1 Å². The molecule has 1 saturated heterocycles. The van der Waals surface area contributed by atoms with Gasteiger partial charge in [0.05, 0.1) is 14.2 Å². The van der Waals surface area contributed by atoms with Crippen LogP contribution in [-0.2, 0) is 25.6 Å². The number of esters is 2. The predicted octanol–water partition coefficient (Wildman–Crippen LogP) is 3.38. The molecule has 0 amide bonds. The zero-order valence-electron chi connectivity index (χ0n) is 15.4. The first-order chi connectivity index (χ1) is 13.0. The molecule has 27 heavy (non-hydrogen) atoms. The number of methoxy groups -OCH3 is 2. The van der Waals surface area contributed by atoms with Gasteiger partial charge in [-0.1, -0.05) is 58.4 Å². The summed E-state index contributed by atoms with van der Waals surface area (Å²) >= 11 is 3.48. The summed E-state index contributed by atoms with van der Waals surface area (Å²) in [6.07, 6.45) is 0. The topological polar surface area (TPSA) is 55.8 Å². The van der Waals surface area contributed by atoms with Crippen molar-refractivity contribution in [2.45, 2.75) is 12.5 Å². The molecule has 2 aromatic rings. The first kappa shape index (κ1) is 19.6. The van der Waals surface area contributed by atoms with Crippen molar-refractivity contribution in [1.29, 1.82) is 0 Å². The number of benzene rings is 2. The number of rotatable bonds is 5. The van der Waals surface area contributed by atoms with Crippen LogP contribution in [0.2, 0.25) is 0 Å². The first-order valence-corrected chi connectivity index (χ1v) is 9.49. The lowest BCUT2D eigenvalue weighted by Crippen LogP contribution is -2.46. The number of hydrogen-bond acceptors (Lipinski definition) is 5. The molecule has 0 bridgehead atoms. The van der Waals surface area contributed by atoms with Crippen LogP contribution in [0.15, 0.2) is 59.1 Å². The molecule has 6 heteroatoms. The average molecular weight is 432 g/mol. The second kappa shape index (κ2) is 8.23. The number of carbonyl (C=O) groups is 2.